The Morgan fingerprint density at radius 1 is 1.47 bits per heavy atom. The van der Waals surface area contributed by atoms with E-state index in [1.54, 1.807) is 6.20 Å². The van der Waals surface area contributed by atoms with E-state index in [4.69, 9.17) is 5.73 Å². The van der Waals surface area contributed by atoms with Crippen LogP contribution in [0.4, 0.5) is 0 Å². The molecular weight excluding hydrogens is 188 g/mol. The summed E-state index contributed by atoms with van der Waals surface area (Å²) < 4.78 is 0. The number of hydrogen-bond donors (Lipinski definition) is 2. The van der Waals surface area contributed by atoms with Crippen molar-refractivity contribution >= 4 is 0 Å². The molecule has 0 aliphatic heterocycles. The molecular formula is C11H14N4. The molecule has 0 aliphatic rings. The Morgan fingerprint density at radius 3 is 3.00 bits per heavy atom. The maximum Gasteiger partial charge on any atom is 0.103 e. The number of nitrogens with two attached hydrogens (primary N) is 1. The first-order valence-corrected chi connectivity index (χ1v) is 4.97. The fraction of sp³-hybridized carbons (Fsp3) is 0.273. The molecule has 0 atom stereocenters. The molecule has 0 fully saturated rings. The first-order valence-electron chi connectivity index (χ1n) is 4.97. The Kier molecular flexibility index (Phi) is 2.78. The quantitative estimate of drug-likeness (QED) is 0.787. The average molecular weight is 202 g/mol. The maximum atomic E-state index is 5.55. The van der Waals surface area contributed by atoms with E-state index >= 15 is 0 Å². The highest BCUT2D eigenvalue weighted by molar-refractivity contribution is 5.60. The van der Waals surface area contributed by atoms with Crippen molar-refractivity contribution in [2.24, 2.45) is 5.73 Å². The highest BCUT2D eigenvalue weighted by Crippen LogP contribution is 2.20. The molecule has 0 unspecified atom stereocenters. The van der Waals surface area contributed by atoms with Gasteiger partial charge in [0.1, 0.15) is 5.82 Å². The number of aromatic nitrogens is 3. The standard InChI is InChI=1S/C11H14N4/c1-8-14-10(4-5-12)11(15-8)9-3-2-6-13-7-9/h2-3,6-7H,4-5,12H2,1H3,(H,14,15). The molecule has 0 radical (unpaired) electrons. The van der Waals surface area contributed by atoms with Gasteiger partial charge in [-0.1, -0.05) is 0 Å². The highest BCUT2D eigenvalue weighted by atomic mass is 14.9. The monoisotopic (exact) mass is 202 g/mol. The molecule has 3 N–H and O–H groups in total. The van der Waals surface area contributed by atoms with E-state index in [0.717, 1.165) is 29.2 Å². The van der Waals surface area contributed by atoms with Crippen molar-refractivity contribution in [1.29, 1.82) is 0 Å². The zero-order valence-electron chi connectivity index (χ0n) is 8.70. The predicted molar refractivity (Wildman–Crippen MR) is 59.3 cm³/mol. The third kappa shape index (κ3) is 2.05. The molecule has 2 aromatic rings. The zero-order chi connectivity index (χ0) is 10.7. The van der Waals surface area contributed by atoms with E-state index < -0.39 is 0 Å². The van der Waals surface area contributed by atoms with Gasteiger partial charge in [0, 0.05) is 30.1 Å². The Labute approximate surface area is 88.6 Å². The van der Waals surface area contributed by atoms with Crippen LogP contribution in [-0.4, -0.2) is 21.5 Å². The van der Waals surface area contributed by atoms with E-state index in [1.165, 1.54) is 0 Å². The second-order valence-corrected chi connectivity index (χ2v) is 3.43. The maximum absolute atomic E-state index is 5.55. The molecule has 0 aliphatic carbocycles. The molecule has 4 nitrogen and oxygen atoms in total. The fourth-order valence-electron chi connectivity index (χ4n) is 1.61. The van der Waals surface area contributed by atoms with Gasteiger partial charge in [0.2, 0.25) is 0 Å². The van der Waals surface area contributed by atoms with Crippen LogP contribution in [0.1, 0.15) is 11.5 Å². The highest BCUT2D eigenvalue weighted by Gasteiger charge is 2.09. The third-order valence-electron chi connectivity index (χ3n) is 2.23. The number of H-pyrrole nitrogens is 1. The van der Waals surface area contributed by atoms with Gasteiger partial charge >= 0.3 is 0 Å². The molecule has 2 aromatic heterocycles. The lowest BCUT2D eigenvalue weighted by Crippen LogP contribution is -2.04. The van der Waals surface area contributed by atoms with E-state index in [2.05, 4.69) is 15.0 Å². The van der Waals surface area contributed by atoms with Gasteiger partial charge in [0.05, 0.1) is 5.69 Å². The second-order valence-electron chi connectivity index (χ2n) is 3.43. The molecule has 0 bridgehead atoms. The lowest BCUT2D eigenvalue weighted by Gasteiger charge is -1.99. The van der Waals surface area contributed by atoms with Gasteiger partial charge in [-0.3, -0.25) is 4.98 Å². The third-order valence-corrected chi connectivity index (χ3v) is 2.23. The number of aryl methyl sites for hydroxylation is 1. The summed E-state index contributed by atoms with van der Waals surface area (Å²) in [5.41, 5.74) is 8.64. The topological polar surface area (TPSA) is 67.6 Å². The summed E-state index contributed by atoms with van der Waals surface area (Å²) in [6.07, 6.45) is 4.38. The Morgan fingerprint density at radius 2 is 2.33 bits per heavy atom. The van der Waals surface area contributed by atoms with Crippen LogP contribution < -0.4 is 5.73 Å². The van der Waals surface area contributed by atoms with Gasteiger partial charge in [-0.2, -0.15) is 0 Å². The molecule has 0 aromatic carbocycles. The largest absolute Gasteiger partial charge is 0.346 e. The zero-order valence-corrected chi connectivity index (χ0v) is 8.70. The summed E-state index contributed by atoms with van der Waals surface area (Å²) in [6, 6.07) is 3.91. The molecule has 0 saturated carbocycles. The van der Waals surface area contributed by atoms with Crippen molar-refractivity contribution in [1.82, 2.24) is 15.0 Å². The van der Waals surface area contributed by atoms with E-state index in [1.807, 2.05) is 25.3 Å². The van der Waals surface area contributed by atoms with Crippen molar-refractivity contribution in [3.05, 3.63) is 36.0 Å². The molecule has 15 heavy (non-hydrogen) atoms. The van der Waals surface area contributed by atoms with E-state index in [9.17, 15) is 0 Å². The van der Waals surface area contributed by atoms with Gasteiger partial charge in [-0.05, 0) is 25.6 Å². The van der Waals surface area contributed by atoms with E-state index in [-0.39, 0.29) is 0 Å². The minimum Gasteiger partial charge on any atom is -0.346 e. The van der Waals surface area contributed by atoms with Gasteiger partial charge in [0.15, 0.2) is 0 Å². The van der Waals surface area contributed by atoms with Crippen LogP contribution in [0.2, 0.25) is 0 Å². The normalized spacial score (nSPS) is 10.5. The molecule has 2 heterocycles. The molecule has 78 valence electrons. The van der Waals surface area contributed by atoms with Gasteiger partial charge < -0.3 is 10.7 Å². The summed E-state index contributed by atoms with van der Waals surface area (Å²) in [7, 11) is 0. The first-order chi connectivity index (χ1) is 7.31. The van der Waals surface area contributed by atoms with Crippen molar-refractivity contribution in [3.8, 4) is 11.3 Å². The minimum atomic E-state index is 0.620. The van der Waals surface area contributed by atoms with Crippen molar-refractivity contribution in [2.45, 2.75) is 13.3 Å². The Bertz CT molecular complexity index is 433. The summed E-state index contributed by atoms with van der Waals surface area (Å²) in [5.74, 6) is 0.914. The molecule has 0 amide bonds. The Balaban J connectivity index is 2.43. The number of pyridine rings is 1. The van der Waals surface area contributed by atoms with Crippen molar-refractivity contribution in [3.63, 3.8) is 0 Å². The number of nitrogens with one attached hydrogen (secondary N) is 1. The lowest BCUT2D eigenvalue weighted by atomic mass is 10.1. The number of rotatable bonds is 3. The smallest absolute Gasteiger partial charge is 0.103 e. The molecule has 2 rings (SSSR count). The first kappa shape index (κ1) is 9.86. The van der Waals surface area contributed by atoms with Gasteiger partial charge in [-0.15, -0.1) is 0 Å². The van der Waals surface area contributed by atoms with Crippen LogP contribution in [0, 0.1) is 6.92 Å². The SMILES string of the molecule is Cc1nc(-c2cccnc2)c(CCN)[nH]1. The number of imidazole rings is 1. The van der Waals surface area contributed by atoms with Crippen molar-refractivity contribution < 1.29 is 0 Å². The molecule has 0 saturated heterocycles. The van der Waals surface area contributed by atoms with Crippen LogP contribution >= 0.6 is 0 Å². The van der Waals surface area contributed by atoms with Crippen molar-refractivity contribution in [2.75, 3.05) is 6.54 Å². The van der Waals surface area contributed by atoms with Crippen LogP contribution in [0.3, 0.4) is 0 Å². The second kappa shape index (κ2) is 4.23. The Hall–Kier alpha value is -1.68. The predicted octanol–water partition coefficient (Wildman–Crippen LogP) is 1.28. The summed E-state index contributed by atoms with van der Waals surface area (Å²) in [4.78, 5) is 11.8. The summed E-state index contributed by atoms with van der Waals surface area (Å²) in [5, 5.41) is 0. The van der Waals surface area contributed by atoms with Crippen LogP contribution in [0.5, 0.6) is 0 Å². The van der Waals surface area contributed by atoms with Crippen LogP contribution in [0.25, 0.3) is 11.3 Å². The number of aromatic amines is 1. The lowest BCUT2D eigenvalue weighted by molar-refractivity contribution is 0.930. The number of nitrogens with zero attached hydrogens (tertiary/aromatic N) is 2. The van der Waals surface area contributed by atoms with Crippen LogP contribution in [-0.2, 0) is 6.42 Å². The minimum absolute atomic E-state index is 0.620. The van der Waals surface area contributed by atoms with E-state index in [0.29, 0.717) is 6.54 Å². The fourth-order valence-corrected chi connectivity index (χ4v) is 1.61. The number of hydrogen-bond acceptors (Lipinski definition) is 3. The van der Waals surface area contributed by atoms with Gasteiger partial charge in [0.25, 0.3) is 0 Å². The summed E-state index contributed by atoms with van der Waals surface area (Å²) in [6.45, 7) is 2.56. The molecule has 4 heteroatoms. The average Bonchev–Trinajstić information content (AvgIpc) is 2.62. The van der Waals surface area contributed by atoms with Gasteiger partial charge in [-0.25, -0.2) is 4.98 Å². The van der Waals surface area contributed by atoms with Crippen LogP contribution in [0.15, 0.2) is 24.5 Å². The molecule has 0 spiro atoms. The summed E-state index contributed by atoms with van der Waals surface area (Å²) >= 11 is 0.